The van der Waals surface area contributed by atoms with E-state index in [9.17, 15) is 0 Å². The van der Waals surface area contributed by atoms with Crippen LogP contribution in [-0.2, 0) is 0 Å². The molecule has 64 valence electrons. The Morgan fingerprint density at radius 3 is 1.40 bits per heavy atom. The van der Waals surface area contributed by atoms with E-state index in [-0.39, 0.29) is 0 Å². The van der Waals surface area contributed by atoms with Gasteiger partial charge in [-0.05, 0) is 21.1 Å². The van der Waals surface area contributed by atoms with E-state index in [1.165, 1.54) is 0 Å². The fourth-order valence-corrected chi connectivity index (χ4v) is 0. The smallest absolute Gasteiger partial charge is 0.214 e. The predicted molar refractivity (Wildman–Crippen MR) is 46.6 cm³/mol. The molecule has 0 aromatic heterocycles. The third kappa shape index (κ3) is 39.0. The highest BCUT2D eigenvalue weighted by molar-refractivity contribution is 6.46. The van der Waals surface area contributed by atoms with Crippen LogP contribution in [0.1, 0.15) is 13.3 Å². The fraction of sp³-hybridized carbons (Fsp3) is 1.00. The second kappa shape index (κ2) is 6.23. The van der Waals surface area contributed by atoms with Crippen molar-refractivity contribution in [2.75, 3.05) is 21.1 Å². The first kappa shape index (κ1) is 13.1. The molecule has 0 amide bonds. The summed E-state index contributed by atoms with van der Waals surface area (Å²) < 4.78 is -1.51. The van der Waals surface area contributed by atoms with Crippen molar-refractivity contribution in [3.8, 4) is 0 Å². The lowest BCUT2D eigenvalue weighted by atomic mass is 10.5. The molecule has 0 radical (unpaired) electrons. The first-order valence-corrected chi connectivity index (χ1v) is 3.76. The van der Waals surface area contributed by atoms with Gasteiger partial charge in [0, 0.05) is 6.42 Å². The third-order valence-corrected chi connectivity index (χ3v) is 0.960. The zero-order chi connectivity index (χ0) is 8.78. The van der Waals surface area contributed by atoms with Gasteiger partial charge in [-0.25, -0.2) is 0 Å². The summed E-state index contributed by atoms with van der Waals surface area (Å²) in [7, 11) is 6.00. The minimum atomic E-state index is -1.51. The maximum absolute atomic E-state index is 8.36. The van der Waals surface area contributed by atoms with Crippen molar-refractivity contribution in [1.29, 1.82) is 0 Å². The molecule has 0 unspecified atom stereocenters. The molecule has 0 rings (SSSR count). The molecule has 0 heterocycles. The van der Waals surface area contributed by atoms with E-state index in [0.717, 1.165) is 0 Å². The summed E-state index contributed by atoms with van der Waals surface area (Å²) in [4.78, 5) is 2.00. The summed E-state index contributed by atoms with van der Waals surface area (Å²) in [5.74, 6) is 0. The minimum absolute atomic E-state index is 0.357. The van der Waals surface area contributed by atoms with Crippen molar-refractivity contribution in [3.05, 3.63) is 0 Å². The molecular weight excluding hydrogens is 173 g/mol. The quantitative estimate of drug-likeness (QED) is 0.633. The maximum atomic E-state index is 8.36. The van der Waals surface area contributed by atoms with E-state index >= 15 is 0 Å². The molecular formula is C6H15Cl2NO. The maximum Gasteiger partial charge on any atom is 0.214 e. The molecule has 0 aromatic rings. The van der Waals surface area contributed by atoms with E-state index < -0.39 is 4.52 Å². The van der Waals surface area contributed by atoms with Crippen LogP contribution >= 0.6 is 23.2 Å². The molecule has 1 N–H and O–H groups in total. The highest BCUT2D eigenvalue weighted by Gasteiger charge is 2.13. The molecule has 4 heteroatoms. The van der Waals surface area contributed by atoms with Gasteiger partial charge in [-0.1, -0.05) is 30.1 Å². The van der Waals surface area contributed by atoms with Crippen LogP contribution in [0, 0.1) is 0 Å². The molecule has 0 saturated carbocycles. The Morgan fingerprint density at radius 2 is 1.40 bits per heavy atom. The van der Waals surface area contributed by atoms with Gasteiger partial charge >= 0.3 is 0 Å². The number of alkyl halides is 2. The average Bonchev–Trinajstić information content (AvgIpc) is 1.63. The molecule has 0 spiro atoms. The van der Waals surface area contributed by atoms with Gasteiger partial charge in [-0.15, -0.1) is 0 Å². The highest BCUT2D eigenvalue weighted by atomic mass is 35.5. The molecule has 0 aliphatic carbocycles. The van der Waals surface area contributed by atoms with Crippen LogP contribution in [0.2, 0.25) is 0 Å². The highest BCUT2D eigenvalue weighted by Crippen LogP contribution is 2.19. The van der Waals surface area contributed by atoms with E-state index in [4.69, 9.17) is 28.3 Å². The van der Waals surface area contributed by atoms with E-state index in [1.54, 1.807) is 6.92 Å². The van der Waals surface area contributed by atoms with Gasteiger partial charge < -0.3 is 10.0 Å². The summed E-state index contributed by atoms with van der Waals surface area (Å²) in [6.45, 7) is 1.69. The number of hydrogen-bond donors (Lipinski definition) is 1. The SMILES string of the molecule is CCC(O)(Cl)Cl.CN(C)C. The third-order valence-electron chi connectivity index (χ3n) is 0.425. The monoisotopic (exact) mass is 187 g/mol. The zero-order valence-electron chi connectivity index (χ0n) is 6.86. The topological polar surface area (TPSA) is 23.5 Å². The van der Waals surface area contributed by atoms with Crippen molar-refractivity contribution in [3.63, 3.8) is 0 Å². The molecule has 0 aliphatic rings. The van der Waals surface area contributed by atoms with Crippen LogP contribution in [-0.4, -0.2) is 35.7 Å². The summed E-state index contributed by atoms with van der Waals surface area (Å²) in [5, 5.41) is 8.36. The van der Waals surface area contributed by atoms with Gasteiger partial charge in [0.05, 0.1) is 0 Å². The molecule has 0 fully saturated rings. The summed E-state index contributed by atoms with van der Waals surface area (Å²) in [5.41, 5.74) is 0. The lowest BCUT2D eigenvalue weighted by molar-refractivity contribution is 0.210. The lowest BCUT2D eigenvalue weighted by Crippen LogP contribution is -2.06. The van der Waals surface area contributed by atoms with E-state index in [0.29, 0.717) is 6.42 Å². The Morgan fingerprint density at radius 1 is 1.30 bits per heavy atom. The van der Waals surface area contributed by atoms with Gasteiger partial charge in [0.15, 0.2) is 0 Å². The molecule has 0 saturated heterocycles. The molecule has 10 heavy (non-hydrogen) atoms. The van der Waals surface area contributed by atoms with Crippen molar-refractivity contribution >= 4 is 23.2 Å². The molecule has 0 bridgehead atoms. The summed E-state index contributed by atoms with van der Waals surface area (Å²) in [6, 6.07) is 0. The van der Waals surface area contributed by atoms with Gasteiger partial charge in [-0.3, -0.25) is 0 Å². The fourth-order valence-electron chi connectivity index (χ4n) is 0. The largest absolute Gasteiger partial charge is 0.363 e. The Balaban J connectivity index is 0. The Hall–Kier alpha value is 0.500. The number of rotatable bonds is 1. The van der Waals surface area contributed by atoms with Crippen LogP contribution in [0.3, 0.4) is 0 Å². The number of halogens is 2. The molecule has 0 aliphatic heterocycles. The van der Waals surface area contributed by atoms with Gasteiger partial charge in [0.25, 0.3) is 0 Å². The number of aliphatic hydroxyl groups is 1. The molecule has 2 nitrogen and oxygen atoms in total. The number of nitrogens with zero attached hydrogens (tertiary/aromatic N) is 1. The molecule has 0 atom stereocenters. The summed E-state index contributed by atoms with van der Waals surface area (Å²) >= 11 is 10.1. The van der Waals surface area contributed by atoms with Gasteiger partial charge in [0.1, 0.15) is 0 Å². The Labute approximate surface area is 72.7 Å². The zero-order valence-corrected chi connectivity index (χ0v) is 8.37. The van der Waals surface area contributed by atoms with Gasteiger partial charge in [-0.2, -0.15) is 0 Å². The van der Waals surface area contributed by atoms with Crippen molar-refractivity contribution in [1.82, 2.24) is 4.90 Å². The van der Waals surface area contributed by atoms with Crippen LogP contribution in [0.15, 0.2) is 0 Å². The second-order valence-corrected chi connectivity index (χ2v) is 3.81. The Bertz CT molecular complexity index is 67.9. The first-order chi connectivity index (χ1) is 4.29. The normalized spacial score (nSPS) is 10.8. The van der Waals surface area contributed by atoms with Crippen LogP contribution in [0.5, 0.6) is 0 Å². The first-order valence-electron chi connectivity index (χ1n) is 3.00. The standard InChI is InChI=1S/C3H6Cl2O.C3H9N/c1-2-3(4,5)6;1-4(2)3/h6H,2H2,1H3;1-3H3. The average molecular weight is 188 g/mol. The minimum Gasteiger partial charge on any atom is -0.363 e. The van der Waals surface area contributed by atoms with Crippen molar-refractivity contribution in [2.45, 2.75) is 17.9 Å². The van der Waals surface area contributed by atoms with Crippen molar-refractivity contribution < 1.29 is 5.11 Å². The van der Waals surface area contributed by atoms with Gasteiger partial charge in [0.2, 0.25) is 4.52 Å². The van der Waals surface area contributed by atoms with Crippen LogP contribution in [0.4, 0.5) is 0 Å². The van der Waals surface area contributed by atoms with E-state index in [2.05, 4.69) is 0 Å². The Kier molecular flexibility index (Phi) is 8.17. The second-order valence-electron chi connectivity index (χ2n) is 2.36. The van der Waals surface area contributed by atoms with Crippen LogP contribution in [0.25, 0.3) is 0 Å². The van der Waals surface area contributed by atoms with E-state index in [1.807, 2.05) is 26.0 Å². The lowest BCUT2D eigenvalue weighted by Gasteiger charge is -2.04. The van der Waals surface area contributed by atoms with Crippen LogP contribution < -0.4 is 0 Å². The predicted octanol–water partition coefficient (Wildman–Crippen LogP) is 1.70. The molecule has 0 aromatic carbocycles. The van der Waals surface area contributed by atoms with Crippen molar-refractivity contribution in [2.24, 2.45) is 0 Å². The summed E-state index contributed by atoms with van der Waals surface area (Å²) in [6.07, 6.45) is 0.357. The number of hydrogen-bond acceptors (Lipinski definition) is 2.